The van der Waals surface area contributed by atoms with Crippen LogP contribution >= 0.6 is 0 Å². The lowest BCUT2D eigenvalue weighted by molar-refractivity contribution is 0.0690. The highest BCUT2D eigenvalue weighted by atomic mass is 32.2. The molecule has 0 aliphatic carbocycles. The number of rotatable bonds is 2. The minimum Gasteiger partial charge on any atom is -0.478 e. The Morgan fingerprint density at radius 1 is 1.16 bits per heavy atom. The summed E-state index contributed by atoms with van der Waals surface area (Å²) in [5, 5.41) is 8.66. The molecule has 0 unspecified atom stereocenters. The van der Waals surface area contributed by atoms with Gasteiger partial charge in [-0.15, -0.1) is 0 Å². The molecule has 0 amide bonds. The summed E-state index contributed by atoms with van der Waals surface area (Å²) < 4.78 is 49.8. The molecule has 0 radical (unpaired) electrons. The van der Waals surface area contributed by atoms with Gasteiger partial charge < -0.3 is 10.0 Å². The Hall–Kier alpha value is -1.70. The van der Waals surface area contributed by atoms with E-state index < -0.39 is 33.0 Å². The summed E-state index contributed by atoms with van der Waals surface area (Å²) in [5.41, 5.74) is -0.858. The summed E-state index contributed by atoms with van der Waals surface area (Å²) in [4.78, 5) is 12.0. The molecule has 5 nitrogen and oxygen atoms in total. The molecule has 1 saturated heterocycles. The van der Waals surface area contributed by atoms with Crippen molar-refractivity contribution in [2.24, 2.45) is 0 Å². The average Bonchev–Trinajstić information content (AvgIpc) is 2.33. The predicted molar refractivity (Wildman–Crippen MR) is 64.2 cm³/mol. The third-order valence-corrected chi connectivity index (χ3v) is 4.59. The number of carboxylic acid groups (broad SMARTS) is 1. The smallest absolute Gasteiger partial charge is 0.338 e. The average molecular weight is 291 g/mol. The number of hydrogen-bond acceptors (Lipinski definition) is 4. The van der Waals surface area contributed by atoms with E-state index in [1.54, 1.807) is 0 Å². The Kier molecular flexibility index (Phi) is 3.44. The van der Waals surface area contributed by atoms with Crippen LogP contribution in [-0.4, -0.2) is 44.1 Å². The zero-order valence-electron chi connectivity index (χ0n) is 9.77. The second-order valence-corrected chi connectivity index (χ2v) is 6.51. The van der Waals surface area contributed by atoms with E-state index in [2.05, 4.69) is 0 Å². The van der Waals surface area contributed by atoms with Crippen molar-refractivity contribution in [3.05, 3.63) is 29.3 Å². The second kappa shape index (κ2) is 4.76. The van der Waals surface area contributed by atoms with Crippen molar-refractivity contribution in [2.75, 3.05) is 29.5 Å². The van der Waals surface area contributed by atoms with Crippen LogP contribution in [0, 0.1) is 11.6 Å². The van der Waals surface area contributed by atoms with E-state index in [0.29, 0.717) is 0 Å². The molecule has 1 aliphatic heterocycles. The molecule has 1 N–H and O–H groups in total. The number of nitrogens with zero attached hydrogens (tertiary/aromatic N) is 1. The highest BCUT2D eigenvalue weighted by Crippen LogP contribution is 2.25. The Balaban J connectivity index is 2.32. The molecule has 19 heavy (non-hydrogen) atoms. The molecule has 0 spiro atoms. The molecular weight excluding hydrogens is 280 g/mol. The highest BCUT2D eigenvalue weighted by molar-refractivity contribution is 7.91. The number of anilines is 1. The van der Waals surface area contributed by atoms with Gasteiger partial charge in [0.25, 0.3) is 0 Å². The van der Waals surface area contributed by atoms with Crippen LogP contribution in [0.2, 0.25) is 0 Å². The molecule has 0 saturated carbocycles. The normalized spacial score (nSPS) is 18.3. The fraction of sp³-hybridized carbons (Fsp3) is 0.364. The van der Waals surface area contributed by atoms with Crippen LogP contribution in [0.15, 0.2) is 12.1 Å². The summed E-state index contributed by atoms with van der Waals surface area (Å²) in [6.07, 6.45) is 0. The first-order valence-electron chi connectivity index (χ1n) is 5.48. The van der Waals surface area contributed by atoms with E-state index in [9.17, 15) is 22.0 Å². The molecule has 0 atom stereocenters. The number of carbonyl (C=O) groups is 1. The number of sulfone groups is 1. The van der Waals surface area contributed by atoms with E-state index in [4.69, 9.17) is 5.11 Å². The molecule has 1 heterocycles. The van der Waals surface area contributed by atoms with E-state index in [0.717, 1.165) is 12.1 Å². The fourth-order valence-electron chi connectivity index (χ4n) is 1.90. The van der Waals surface area contributed by atoms with Gasteiger partial charge >= 0.3 is 5.97 Å². The number of hydrogen-bond donors (Lipinski definition) is 1. The quantitative estimate of drug-likeness (QED) is 0.876. The molecule has 8 heteroatoms. The van der Waals surface area contributed by atoms with Crippen molar-refractivity contribution in [1.82, 2.24) is 0 Å². The lowest BCUT2D eigenvalue weighted by Crippen LogP contribution is -2.40. The van der Waals surface area contributed by atoms with Crippen LogP contribution in [0.5, 0.6) is 0 Å². The van der Waals surface area contributed by atoms with Crippen molar-refractivity contribution >= 4 is 21.5 Å². The molecule has 0 bridgehead atoms. The zero-order chi connectivity index (χ0) is 14.2. The van der Waals surface area contributed by atoms with Gasteiger partial charge in [0.15, 0.2) is 21.5 Å². The van der Waals surface area contributed by atoms with Gasteiger partial charge in [-0.25, -0.2) is 22.0 Å². The predicted octanol–water partition coefficient (Wildman–Crippen LogP) is 0.898. The zero-order valence-corrected chi connectivity index (χ0v) is 10.6. The first-order chi connectivity index (χ1) is 8.82. The van der Waals surface area contributed by atoms with E-state index in [-0.39, 0.29) is 30.3 Å². The minimum atomic E-state index is -3.12. The summed E-state index contributed by atoms with van der Waals surface area (Å²) in [6.45, 7) is 0.121. The lowest BCUT2D eigenvalue weighted by atomic mass is 10.1. The maximum absolute atomic E-state index is 13.8. The van der Waals surface area contributed by atoms with Gasteiger partial charge in [-0.05, 0) is 12.1 Å². The van der Waals surface area contributed by atoms with E-state index in [1.807, 2.05) is 0 Å². The molecule has 1 aromatic carbocycles. The third-order valence-electron chi connectivity index (χ3n) is 2.98. The SMILES string of the molecule is O=C(O)c1ccc(N2CCS(=O)(=O)CC2)c(F)c1F. The molecule has 1 aromatic rings. The maximum Gasteiger partial charge on any atom is 0.338 e. The molecule has 2 rings (SSSR count). The second-order valence-electron chi connectivity index (χ2n) is 4.20. The van der Waals surface area contributed by atoms with Crippen molar-refractivity contribution in [2.45, 2.75) is 0 Å². The highest BCUT2D eigenvalue weighted by Gasteiger charge is 2.26. The Labute approximate surface area is 108 Å². The number of aromatic carboxylic acids is 1. The Morgan fingerprint density at radius 3 is 2.26 bits per heavy atom. The first-order valence-corrected chi connectivity index (χ1v) is 7.30. The van der Waals surface area contributed by atoms with Crippen molar-refractivity contribution in [3.63, 3.8) is 0 Å². The number of benzene rings is 1. The standard InChI is InChI=1S/C11H11F2NO4S/c12-9-7(11(15)16)1-2-8(10(9)13)14-3-5-19(17,18)6-4-14/h1-2H,3-6H2,(H,15,16). The van der Waals surface area contributed by atoms with Gasteiger partial charge in [0, 0.05) is 13.1 Å². The summed E-state index contributed by atoms with van der Waals surface area (Å²) in [6, 6.07) is 2.12. The maximum atomic E-state index is 13.8. The number of carboxylic acids is 1. The van der Waals surface area contributed by atoms with Gasteiger partial charge in [0.1, 0.15) is 0 Å². The third kappa shape index (κ3) is 2.67. The largest absolute Gasteiger partial charge is 0.478 e. The molecule has 104 valence electrons. The molecule has 0 aromatic heterocycles. The van der Waals surface area contributed by atoms with Crippen molar-refractivity contribution in [3.8, 4) is 0 Å². The molecular formula is C11H11F2NO4S. The lowest BCUT2D eigenvalue weighted by Gasteiger charge is -2.29. The van der Waals surface area contributed by atoms with Gasteiger partial charge in [-0.2, -0.15) is 0 Å². The van der Waals surface area contributed by atoms with Crippen LogP contribution < -0.4 is 4.90 Å². The van der Waals surface area contributed by atoms with Crippen LogP contribution in [0.3, 0.4) is 0 Å². The molecule has 1 aliphatic rings. The van der Waals surface area contributed by atoms with Gasteiger partial charge in [0.2, 0.25) is 0 Å². The van der Waals surface area contributed by atoms with Crippen molar-refractivity contribution < 1.29 is 27.1 Å². The topological polar surface area (TPSA) is 74.7 Å². The van der Waals surface area contributed by atoms with E-state index >= 15 is 0 Å². The minimum absolute atomic E-state index is 0.0606. The van der Waals surface area contributed by atoms with Crippen LogP contribution in [-0.2, 0) is 9.84 Å². The van der Waals surface area contributed by atoms with Gasteiger partial charge in [-0.3, -0.25) is 0 Å². The Morgan fingerprint density at radius 2 is 1.74 bits per heavy atom. The van der Waals surface area contributed by atoms with E-state index in [1.165, 1.54) is 4.90 Å². The van der Waals surface area contributed by atoms with Gasteiger partial charge in [0.05, 0.1) is 22.8 Å². The summed E-state index contributed by atoms with van der Waals surface area (Å²) in [7, 11) is -3.12. The number of halogens is 2. The Bertz CT molecular complexity index is 616. The molecule has 1 fully saturated rings. The monoisotopic (exact) mass is 291 g/mol. The van der Waals surface area contributed by atoms with Crippen LogP contribution in [0.25, 0.3) is 0 Å². The van der Waals surface area contributed by atoms with Crippen LogP contribution in [0.1, 0.15) is 10.4 Å². The van der Waals surface area contributed by atoms with Crippen molar-refractivity contribution in [1.29, 1.82) is 0 Å². The van der Waals surface area contributed by atoms with Gasteiger partial charge in [-0.1, -0.05) is 0 Å². The van der Waals surface area contributed by atoms with Crippen LogP contribution in [0.4, 0.5) is 14.5 Å². The summed E-state index contributed by atoms with van der Waals surface area (Å²) >= 11 is 0. The fourth-order valence-corrected chi connectivity index (χ4v) is 3.10. The summed E-state index contributed by atoms with van der Waals surface area (Å²) in [5.74, 6) is -4.51. The first kappa shape index (κ1) is 13.7.